The summed E-state index contributed by atoms with van der Waals surface area (Å²) in [6.45, 7) is 3.96. The number of rotatable bonds is 4. The van der Waals surface area contributed by atoms with Gasteiger partial charge in [0.1, 0.15) is 11.6 Å². The van der Waals surface area contributed by atoms with Crippen molar-refractivity contribution in [3.8, 4) is 0 Å². The van der Waals surface area contributed by atoms with Gasteiger partial charge in [0, 0.05) is 6.04 Å². The zero-order valence-corrected chi connectivity index (χ0v) is 10.5. The third-order valence-electron chi connectivity index (χ3n) is 2.65. The summed E-state index contributed by atoms with van der Waals surface area (Å²) in [7, 11) is 0. The summed E-state index contributed by atoms with van der Waals surface area (Å²) in [5.74, 6) is 0.555. The van der Waals surface area contributed by atoms with Crippen molar-refractivity contribution in [2.24, 2.45) is 0 Å². The van der Waals surface area contributed by atoms with Gasteiger partial charge in [0.05, 0.1) is 5.69 Å². The normalized spacial score (nSPS) is 12.2. The van der Waals surface area contributed by atoms with Crippen LogP contribution in [0.15, 0.2) is 36.4 Å². The molecule has 1 unspecified atom stereocenters. The Balaban J connectivity index is 1.94. The van der Waals surface area contributed by atoms with E-state index in [-0.39, 0.29) is 11.9 Å². The van der Waals surface area contributed by atoms with Gasteiger partial charge in [-0.1, -0.05) is 12.1 Å². The van der Waals surface area contributed by atoms with Gasteiger partial charge in [-0.3, -0.25) is 0 Å². The highest BCUT2D eigenvalue weighted by molar-refractivity contribution is 5.34. The van der Waals surface area contributed by atoms with E-state index in [0.29, 0.717) is 0 Å². The van der Waals surface area contributed by atoms with Crippen LogP contribution in [0.3, 0.4) is 0 Å². The van der Waals surface area contributed by atoms with Gasteiger partial charge in [0.15, 0.2) is 0 Å². The molecule has 1 aromatic heterocycles. The molecule has 0 aliphatic carbocycles. The minimum atomic E-state index is -0.205. The van der Waals surface area contributed by atoms with Crippen LogP contribution in [0.1, 0.15) is 18.2 Å². The van der Waals surface area contributed by atoms with Crippen LogP contribution in [-0.4, -0.2) is 16.2 Å². The van der Waals surface area contributed by atoms with E-state index in [4.69, 9.17) is 0 Å². The van der Waals surface area contributed by atoms with Crippen LogP contribution >= 0.6 is 0 Å². The van der Waals surface area contributed by atoms with Gasteiger partial charge in [-0.05, 0) is 50.1 Å². The van der Waals surface area contributed by atoms with E-state index in [1.807, 2.05) is 19.1 Å². The molecule has 1 atom stereocenters. The van der Waals surface area contributed by atoms with E-state index in [2.05, 4.69) is 22.4 Å². The average Bonchev–Trinajstić information content (AvgIpc) is 2.35. The number of halogens is 1. The van der Waals surface area contributed by atoms with Crippen molar-refractivity contribution in [3.05, 3.63) is 53.5 Å². The van der Waals surface area contributed by atoms with Crippen LogP contribution in [-0.2, 0) is 6.42 Å². The molecule has 0 saturated carbocycles. The second-order valence-electron chi connectivity index (χ2n) is 4.44. The fourth-order valence-electron chi connectivity index (χ4n) is 1.75. The van der Waals surface area contributed by atoms with Crippen molar-refractivity contribution in [3.63, 3.8) is 0 Å². The van der Waals surface area contributed by atoms with E-state index in [1.54, 1.807) is 12.1 Å². The van der Waals surface area contributed by atoms with Gasteiger partial charge in [-0.15, -0.1) is 5.10 Å². The summed E-state index contributed by atoms with van der Waals surface area (Å²) < 4.78 is 12.8. The highest BCUT2D eigenvalue weighted by atomic mass is 19.1. The van der Waals surface area contributed by atoms with E-state index in [9.17, 15) is 4.39 Å². The van der Waals surface area contributed by atoms with Crippen molar-refractivity contribution in [1.29, 1.82) is 0 Å². The molecular formula is C14H16FN3. The lowest BCUT2D eigenvalue weighted by Gasteiger charge is -2.14. The number of anilines is 1. The molecule has 2 rings (SSSR count). The SMILES string of the molecule is Cc1ccc(NC(C)Cc2ccc(F)cc2)nn1. The molecule has 1 N–H and O–H groups in total. The van der Waals surface area contributed by atoms with Crippen LogP contribution in [0.25, 0.3) is 0 Å². The lowest BCUT2D eigenvalue weighted by atomic mass is 10.1. The second-order valence-corrected chi connectivity index (χ2v) is 4.44. The number of nitrogens with zero attached hydrogens (tertiary/aromatic N) is 2. The van der Waals surface area contributed by atoms with Gasteiger partial charge in [0.25, 0.3) is 0 Å². The molecular weight excluding hydrogens is 229 g/mol. The Morgan fingerprint density at radius 1 is 1.11 bits per heavy atom. The van der Waals surface area contributed by atoms with Crippen LogP contribution in [0.4, 0.5) is 10.2 Å². The maximum absolute atomic E-state index is 12.8. The Kier molecular flexibility index (Phi) is 3.87. The summed E-state index contributed by atoms with van der Waals surface area (Å²) in [6, 6.07) is 10.6. The Hall–Kier alpha value is -1.97. The lowest BCUT2D eigenvalue weighted by Crippen LogP contribution is -2.19. The van der Waals surface area contributed by atoms with Crippen molar-refractivity contribution in [2.75, 3.05) is 5.32 Å². The Morgan fingerprint density at radius 2 is 1.83 bits per heavy atom. The fourth-order valence-corrected chi connectivity index (χ4v) is 1.75. The topological polar surface area (TPSA) is 37.8 Å². The molecule has 0 bridgehead atoms. The van der Waals surface area contributed by atoms with Gasteiger partial charge in [0.2, 0.25) is 0 Å². The monoisotopic (exact) mass is 245 g/mol. The summed E-state index contributed by atoms with van der Waals surface area (Å²) in [4.78, 5) is 0. The largest absolute Gasteiger partial charge is 0.366 e. The Morgan fingerprint density at radius 3 is 2.44 bits per heavy atom. The first kappa shape index (κ1) is 12.5. The average molecular weight is 245 g/mol. The third kappa shape index (κ3) is 3.52. The third-order valence-corrected chi connectivity index (χ3v) is 2.65. The maximum atomic E-state index is 12.8. The van der Waals surface area contributed by atoms with Crippen LogP contribution in [0.5, 0.6) is 0 Å². The molecule has 3 nitrogen and oxygen atoms in total. The second kappa shape index (κ2) is 5.58. The molecule has 0 spiro atoms. The van der Waals surface area contributed by atoms with Crippen LogP contribution in [0, 0.1) is 12.7 Å². The van der Waals surface area contributed by atoms with Gasteiger partial charge >= 0.3 is 0 Å². The van der Waals surface area contributed by atoms with E-state index in [1.165, 1.54) is 12.1 Å². The molecule has 1 aromatic carbocycles. The smallest absolute Gasteiger partial charge is 0.148 e. The van der Waals surface area contributed by atoms with E-state index < -0.39 is 0 Å². The molecule has 1 heterocycles. The molecule has 0 fully saturated rings. The van der Waals surface area contributed by atoms with Crippen molar-refractivity contribution in [1.82, 2.24) is 10.2 Å². The van der Waals surface area contributed by atoms with Crippen molar-refractivity contribution < 1.29 is 4.39 Å². The molecule has 18 heavy (non-hydrogen) atoms. The predicted octanol–water partition coefficient (Wildman–Crippen LogP) is 2.97. The zero-order chi connectivity index (χ0) is 13.0. The molecule has 0 aliphatic rings. The Bertz CT molecular complexity index is 446. The first-order valence-corrected chi connectivity index (χ1v) is 5.95. The zero-order valence-electron chi connectivity index (χ0n) is 10.5. The number of aryl methyl sites for hydroxylation is 1. The fraction of sp³-hybridized carbons (Fsp3) is 0.286. The number of benzene rings is 1. The van der Waals surface area contributed by atoms with Gasteiger partial charge < -0.3 is 5.32 Å². The van der Waals surface area contributed by atoms with Gasteiger partial charge in [-0.25, -0.2) is 4.39 Å². The highest BCUT2D eigenvalue weighted by Gasteiger charge is 2.05. The standard InChI is InChI=1S/C14H16FN3/c1-10-3-8-14(18-17-10)16-11(2)9-12-4-6-13(15)7-5-12/h3-8,11H,9H2,1-2H3,(H,16,18). The Labute approximate surface area is 106 Å². The molecule has 0 aliphatic heterocycles. The van der Waals surface area contributed by atoms with Crippen molar-refractivity contribution in [2.45, 2.75) is 26.3 Å². The molecule has 94 valence electrons. The first-order chi connectivity index (χ1) is 8.63. The molecule has 2 aromatic rings. The van der Waals surface area contributed by atoms with Crippen molar-refractivity contribution >= 4 is 5.82 Å². The molecule has 0 saturated heterocycles. The predicted molar refractivity (Wildman–Crippen MR) is 70.0 cm³/mol. The summed E-state index contributed by atoms with van der Waals surface area (Å²) in [5.41, 5.74) is 1.99. The van der Waals surface area contributed by atoms with Crippen LogP contribution in [0.2, 0.25) is 0 Å². The number of hydrogen-bond donors (Lipinski definition) is 1. The van der Waals surface area contributed by atoms with E-state index in [0.717, 1.165) is 23.5 Å². The first-order valence-electron chi connectivity index (χ1n) is 5.95. The summed E-state index contributed by atoms with van der Waals surface area (Å²) >= 11 is 0. The quantitative estimate of drug-likeness (QED) is 0.899. The number of aromatic nitrogens is 2. The van der Waals surface area contributed by atoms with Gasteiger partial charge in [-0.2, -0.15) is 5.10 Å². The minimum Gasteiger partial charge on any atom is -0.366 e. The lowest BCUT2D eigenvalue weighted by molar-refractivity contribution is 0.626. The summed E-state index contributed by atoms with van der Waals surface area (Å²) in [6.07, 6.45) is 0.815. The highest BCUT2D eigenvalue weighted by Crippen LogP contribution is 2.09. The maximum Gasteiger partial charge on any atom is 0.148 e. The van der Waals surface area contributed by atoms with E-state index >= 15 is 0 Å². The minimum absolute atomic E-state index is 0.205. The summed E-state index contributed by atoms with van der Waals surface area (Å²) in [5, 5.41) is 11.3. The number of nitrogens with one attached hydrogen (secondary N) is 1. The molecule has 0 amide bonds. The van der Waals surface area contributed by atoms with Crippen LogP contribution < -0.4 is 5.32 Å². The molecule has 0 radical (unpaired) electrons. The number of hydrogen-bond acceptors (Lipinski definition) is 3. The molecule has 4 heteroatoms.